The van der Waals surface area contributed by atoms with Gasteiger partial charge in [0.05, 0.1) is 6.61 Å². The van der Waals surface area contributed by atoms with Crippen LogP contribution in [0.5, 0.6) is 0 Å². The Morgan fingerprint density at radius 2 is 2.09 bits per heavy atom. The second-order valence-corrected chi connectivity index (χ2v) is 2.44. The zero-order valence-electron chi connectivity index (χ0n) is 7.09. The topological polar surface area (TPSA) is 55.7 Å². The normalized spacial score (nSPS) is 15.2. The van der Waals surface area contributed by atoms with Gasteiger partial charge >= 0.3 is 5.97 Å². The van der Waals surface area contributed by atoms with Crippen LogP contribution < -0.4 is 0 Å². The van der Waals surface area contributed by atoms with Gasteiger partial charge in [-0.1, -0.05) is 12.1 Å². The van der Waals surface area contributed by atoms with E-state index >= 15 is 0 Å². The molecule has 0 saturated carbocycles. The molecule has 0 aromatic rings. The van der Waals surface area contributed by atoms with Gasteiger partial charge in [-0.25, -0.2) is 4.79 Å². The maximum absolute atomic E-state index is 11.0. The predicted molar refractivity (Wildman–Crippen MR) is 41.1 cm³/mol. The maximum atomic E-state index is 11.0. The van der Waals surface area contributed by atoms with Crippen molar-refractivity contribution >= 4 is 5.97 Å². The molecule has 4 heteroatoms. The Morgan fingerprint density at radius 1 is 1.55 bits per heavy atom. The second-order valence-electron chi connectivity index (χ2n) is 2.44. The molecule has 0 amide bonds. The largest absolute Gasteiger partial charge is 0.464 e. The number of rotatable bonds is 4. The fourth-order valence-electron chi connectivity index (χ4n) is 0.533. The van der Waals surface area contributed by atoms with Gasteiger partial charge in [-0.3, -0.25) is 0 Å². The Bertz CT molecular complexity index is 158. The highest BCUT2D eigenvalue weighted by Gasteiger charge is 2.34. The van der Waals surface area contributed by atoms with Crippen molar-refractivity contribution in [2.45, 2.75) is 32.7 Å². The monoisotopic (exact) mass is 159 g/mol. The summed E-state index contributed by atoms with van der Waals surface area (Å²) in [4.78, 5) is 21.2. The average molecular weight is 159 g/mol. The molecule has 0 aliphatic heterocycles. The van der Waals surface area contributed by atoms with Crippen molar-refractivity contribution in [1.82, 2.24) is 0 Å². The lowest BCUT2D eigenvalue weighted by Gasteiger charge is -2.16. The molecule has 0 aromatic heterocycles. The number of ether oxygens (including phenoxy) is 1. The molecule has 0 heterocycles. The first-order chi connectivity index (χ1) is 5.10. The first kappa shape index (κ1) is 10.1. The Labute approximate surface area is 65.9 Å². The highest BCUT2D eigenvalue weighted by atomic mass is 16.5. The molecule has 0 aliphatic rings. The van der Waals surface area contributed by atoms with Gasteiger partial charge in [0.25, 0.3) is 0 Å². The van der Waals surface area contributed by atoms with Crippen LogP contribution in [0.4, 0.5) is 0 Å². The smallest absolute Gasteiger partial charge is 0.337 e. The molecule has 1 unspecified atom stereocenters. The van der Waals surface area contributed by atoms with Crippen molar-refractivity contribution < 1.29 is 9.53 Å². The Hall–Kier alpha value is -0.930. The number of nitroso groups, excluding NO2 is 1. The fraction of sp³-hybridized carbons (Fsp3) is 0.857. The van der Waals surface area contributed by atoms with Crippen molar-refractivity contribution in [3.05, 3.63) is 4.91 Å². The minimum absolute atomic E-state index is 0.282. The summed E-state index contributed by atoms with van der Waals surface area (Å²) in [6, 6.07) is 0. The molecular formula is C7H13NO3. The van der Waals surface area contributed by atoms with E-state index in [1.165, 1.54) is 6.92 Å². The third kappa shape index (κ3) is 2.29. The summed E-state index contributed by atoms with van der Waals surface area (Å²) in [6.45, 7) is 5.17. The fourth-order valence-corrected chi connectivity index (χ4v) is 0.533. The average Bonchev–Trinajstić information content (AvgIpc) is 2.03. The lowest BCUT2D eigenvalue weighted by atomic mass is 10.0. The molecule has 0 bridgehead atoms. The summed E-state index contributed by atoms with van der Waals surface area (Å²) >= 11 is 0. The zero-order chi connectivity index (χ0) is 8.91. The van der Waals surface area contributed by atoms with Crippen LogP contribution >= 0.6 is 0 Å². The van der Waals surface area contributed by atoms with Crippen LogP contribution in [0.3, 0.4) is 0 Å². The van der Waals surface area contributed by atoms with E-state index in [9.17, 15) is 9.70 Å². The SMILES string of the molecule is CCOC(=O)C(C)(CC)N=O. The van der Waals surface area contributed by atoms with Crippen molar-refractivity contribution in [3.63, 3.8) is 0 Å². The quantitative estimate of drug-likeness (QED) is 0.461. The van der Waals surface area contributed by atoms with E-state index in [1.54, 1.807) is 13.8 Å². The second kappa shape index (κ2) is 4.05. The van der Waals surface area contributed by atoms with E-state index in [1.807, 2.05) is 0 Å². The van der Waals surface area contributed by atoms with E-state index in [-0.39, 0.29) is 6.61 Å². The summed E-state index contributed by atoms with van der Waals surface area (Å²) in [5.41, 5.74) is -1.20. The third-order valence-corrected chi connectivity index (χ3v) is 1.61. The summed E-state index contributed by atoms with van der Waals surface area (Å²) < 4.78 is 4.66. The molecular weight excluding hydrogens is 146 g/mol. The number of carbonyl (C=O) groups is 1. The van der Waals surface area contributed by atoms with E-state index in [4.69, 9.17) is 0 Å². The van der Waals surface area contributed by atoms with Gasteiger partial charge < -0.3 is 4.74 Å². The molecule has 11 heavy (non-hydrogen) atoms. The van der Waals surface area contributed by atoms with Gasteiger partial charge in [-0.2, -0.15) is 0 Å². The molecule has 0 aliphatic carbocycles. The van der Waals surface area contributed by atoms with Gasteiger partial charge in [-0.15, -0.1) is 4.91 Å². The van der Waals surface area contributed by atoms with Crippen molar-refractivity contribution in [2.24, 2.45) is 5.18 Å². The standard InChI is InChI=1S/C7H13NO3/c1-4-7(3,8-10)6(9)11-5-2/h4-5H2,1-3H3. The molecule has 1 atom stereocenters. The molecule has 0 rings (SSSR count). The third-order valence-electron chi connectivity index (χ3n) is 1.61. The van der Waals surface area contributed by atoms with E-state index < -0.39 is 11.5 Å². The molecule has 0 radical (unpaired) electrons. The lowest BCUT2D eigenvalue weighted by molar-refractivity contribution is -0.148. The highest BCUT2D eigenvalue weighted by Crippen LogP contribution is 2.16. The van der Waals surface area contributed by atoms with Crippen LogP contribution in [0.1, 0.15) is 27.2 Å². The molecule has 0 fully saturated rings. The molecule has 0 N–H and O–H groups in total. The molecule has 64 valence electrons. The summed E-state index contributed by atoms with van der Waals surface area (Å²) in [7, 11) is 0. The van der Waals surface area contributed by atoms with Crippen molar-refractivity contribution in [2.75, 3.05) is 6.61 Å². The maximum Gasteiger partial charge on any atom is 0.337 e. The lowest BCUT2D eigenvalue weighted by Crippen LogP contribution is -2.33. The molecule has 0 aromatic carbocycles. The number of hydrogen-bond acceptors (Lipinski definition) is 4. The van der Waals surface area contributed by atoms with Gasteiger partial charge in [-0.05, 0) is 20.3 Å². The van der Waals surface area contributed by atoms with Crippen LogP contribution in [0.25, 0.3) is 0 Å². The van der Waals surface area contributed by atoms with Crippen LogP contribution in [-0.2, 0) is 9.53 Å². The van der Waals surface area contributed by atoms with Crippen LogP contribution in [-0.4, -0.2) is 18.1 Å². The van der Waals surface area contributed by atoms with E-state index in [0.717, 1.165) is 0 Å². The first-order valence-corrected chi connectivity index (χ1v) is 3.62. The predicted octanol–water partition coefficient (Wildman–Crippen LogP) is 1.48. The Kier molecular flexibility index (Phi) is 3.71. The van der Waals surface area contributed by atoms with Crippen LogP contribution in [0.2, 0.25) is 0 Å². The number of nitrogens with zero attached hydrogens (tertiary/aromatic N) is 1. The number of esters is 1. The minimum Gasteiger partial charge on any atom is -0.464 e. The highest BCUT2D eigenvalue weighted by molar-refractivity contribution is 5.80. The number of hydrogen-bond donors (Lipinski definition) is 0. The van der Waals surface area contributed by atoms with Crippen molar-refractivity contribution in [1.29, 1.82) is 0 Å². The van der Waals surface area contributed by atoms with Gasteiger partial charge in [0.1, 0.15) is 0 Å². The molecule has 0 saturated heterocycles. The Morgan fingerprint density at radius 3 is 2.36 bits per heavy atom. The first-order valence-electron chi connectivity index (χ1n) is 3.62. The van der Waals surface area contributed by atoms with E-state index in [2.05, 4.69) is 9.91 Å². The number of carbonyl (C=O) groups excluding carboxylic acids is 1. The van der Waals surface area contributed by atoms with E-state index in [0.29, 0.717) is 6.42 Å². The van der Waals surface area contributed by atoms with Gasteiger partial charge in [0.15, 0.2) is 5.54 Å². The summed E-state index contributed by atoms with van der Waals surface area (Å²) in [6.07, 6.45) is 0.370. The van der Waals surface area contributed by atoms with Crippen molar-refractivity contribution in [3.8, 4) is 0 Å². The summed E-state index contributed by atoms with van der Waals surface area (Å²) in [5, 5.41) is 2.73. The van der Waals surface area contributed by atoms with Crippen LogP contribution in [0.15, 0.2) is 5.18 Å². The summed E-state index contributed by atoms with van der Waals surface area (Å²) in [5.74, 6) is -0.544. The Balaban J connectivity index is 4.24. The minimum atomic E-state index is -1.20. The molecule has 4 nitrogen and oxygen atoms in total. The zero-order valence-corrected chi connectivity index (χ0v) is 7.09. The molecule has 0 spiro atoms. The van der Waals surface area contributed by atoms with Crippen LogP contribution in [0, 0.1) is 4.91 Å². The van der Waals surface area contributed by atoms with Gasteiger partial charge in [0, 0.05) is 0 Å². The van der Waals surface area contributed by atoms with Gasteiger partial charge in [0.2, 0.25) is 0 Å².